The minimum Gasteiger partial charge on any atom is -0.379 e. The molecule has 4 nitrogen and oxygen atoms in total. The Morgan fingerprint density at radius 2 is 1.91 bits per heavy atom. The fourth-order valence-electron chi connectivity index (χ4n) is 3.50. The quantitative estimate of drug-likeness (QED) is 0.816. The average Bonchev–Trinajstić information content (AvgIpc) is 2.59. The number of nitrogens with one attached hydrogen (secondary N) is 1. The summed E-state index contributed by atoms with van der Waals surface area (Å²) in [6.45, 7) is 5.52. The number of hydrogen-bond acceptors (Lipinski definition) is 3. The van der Waals surface area contributed by atoms with Crippen LogP contribution < -0.4 is 5.32 Å². The van der Waals surface area contributed by atoms with Crippen molar-refractivity contribution in [2.75, 3.05) is 39.4 Å². The zero-order valence-electron chi connectivity index (χ0n) is 14.0. The smallest absolute Gasteiger partial charge is 0.224 e. The Labute approximate surface area is 139 Å². The first-order valence-corrected chi connectivity index (χ1v) is 8.99. The molecule has 0 unspecified atom stereocenters. The van der Waals surface area contributed by atoms with Gasteiger partial charge < -0.3 is 10.1 Å². The molecule has 1 aliphatic heterocycles. The fraction of sp³-hybridized carbons (Fsp3) is 0.632. The number of benzene rings is 1. The average molecular weight is 316 g/mol. The van der Waals surface area contributed by atoms with Gasteiger partial charge in [0.2, 0.25) is 5.91 Å². The molecule has 0 radical (unpaired) electrons. The summed E-state index contributed by atoms with van der Waals surface area (Å²) < 4.78 is 5.34. The summed E-state index contributed by atoms with van der Waals surface area (Å²) in [6.07, 6.45) is 6.47. The van der Waals surface area contributed by atoms with E-state index >= 15 is 0 Å². The molecule has 0 spiro atoms. The number of fused-ring (bicyclic) bond motifs is 1. The minimum atomic E-state index is 0.141. The van der Waals surface area contributed by atoms with Gasteiger partial charge in [-0.05, 0) is 55.3 Å². The maximum absolute atomic E-state index is 12.1. The van der Waals surface area contributed by atoms with Gasteiger partial charge in [0.15, 0.2) is 0 Å². The molecule has 3 rings (SSSR count). The van der Waals surface area contributed by atoms with E-state index in [9.17, 15) is 4.79 Å². The van der Waals surface area contributed by atoms with Crippen molar-refractivity contribution < 1.29 is 9.53 Å². The van der Waals surface area contributed by atoms with Crippen LogP contribution in [-0.2, 0) is 28.8 Å². The molecule has 1 N–H and O–H groups in total. The molecule has 1 aromatic rings. The highest BCUT2D eigenvalue weighted by molar-refractivity contribution is 5.78. The number of aryl methyl sites for hydroxylation is 2. The highest BCUT2D eigenvalue weighted by Gasteiger charge is 2.12. The summed E-state index contributed by atoms with van der Waals surface area (Å²) in [7, 11) is 0. The third kappa shape index (κ3) is 5.05. The Morgan fingerprint density at radius 3 is 2.74 bits per heavy atom. The molecule has 1 heterocycles. The van der Waals surface area contributed by atoms with E-state index in [4.69, 9.17) is 4.74 Å². The SMILES string of the molecule is O=C(Cc1ccc2c(c1)CCCC2)NCCCN1CCOCC1. The molecule has 23 heavy (non-hydrogen) atoms. The number of carbonyl (C=O) groups is 1. The molecule has 2 aliphatic rings. The number of hydrogen-bond donors (Lipinski definition) is 1. The highest BCUT2D eigenvalue weighted by atomic mass is 16.5. The molecule has 1 fully saturated rings. The van der Waals surface area contributed by atoms with Crippen LogP contribution in [0.25, 0.3) is 0 Å². The van der Waals surface area contributed by atoms with Crippen LogP contribution in [0.1, 0.15) is 36.0 Å². The first kappa shape index (κ1) is 16.5. The molecule has 1 aliphatic carbocycles. The van der Waals surface area contributed by atoms with Crippen LogP contribution in [0.2, 0.25) is 0 Å². The Bertz CT molecular complexity index is 524. The third-order valence-corrected chi connectivity index (χ3v) is 4.85. The standard InChI is InChI=1S/C19H28N2O2/c22-19(20-8-3-9-21-10-12-23-13-11-21)15-16-6-7-17-4-1-2-5-18(17)14-16/h6-7,14H,1-5,8-13,15H2,(H,20,22). The normalized spacial score (nSPS) is 18.4. The molecule has 0 saturated carbocycles. The van der Waals surface area contributed by atoms with E-state index in [2.05, 4.69) is 28.4 Å². The van der Waals surface area contributed by atoms with E-state index in [1.54, 1.807) is 0 Å². The van der Waals surface area contributed by atoms with Crippen molar-refractivity contribution in [3.05, 3.63) is 34.9 Å². The van der Waals surface area contributed by atoms with Crippen LogP contribution in [-0.4, -0.2) is 50.2 Å². The molecular formula is C19H28N2O2. The first-order chi connectivity index (χ1) is 11.3. The summed E-state index contributed by atoms with van der Waals surface area (Å²) in [4.78, 5) is 14.5. The van der Waals surface area contributed by atoms with E-state index in [1.165, 1.54) is 36.8 Å². The van der Waals surface area contributed by atoms with Gasteiger partial charge in [-0.15, -0.1) is 0 Å². The number of carbonyl (C=O) groups excluding carboxylic acids is 1. The molecule has 1 aromatic carbocycles. The van der Waals surface area contributed by atoms with Crippen LogP contribution in [0.15, 0.2) is 18.2 Å². The van der Waals surface area contributed by atoms with E-state index in [-0.39, 0.29) is 5.91 Å². The van der Waals surface area contributed by atoms with E-state index in [0.717, 1.165) is 51.4 Å². The number of nitrogens with zero attached hydrogens (tertiary/aromatic N) is 1. The van der Waals surface area contributed by atoms with Crippen LogP contribution in [0.4, 0.5) is 0 Å². The molecular weight excluding hydrogens is 288 g/mol. The second-order valence-corrected chi connectivity index (χ2v) is 6.64. The van der Waals surface area contributed by atoms with Crippen molar-refractivity contribution in [2.45, 2.75) is 38.5 Å². The minimum absolute atomic E-state index is 0.141. The number of amides is 1. The van der Waals surface area contributed by atoms with Gasteiger partial charge >= 0.3 is 0 Å². The van der Waals surface area contributed by atoms with Gasteiger partial charge in [-0.1, -0.05) is 18.2 Å². The van der Waals surface area contributed by atoms with Crippen molar-refractivity contribution in [3.8, 4) is 0 Å². The zero-order valence-corrected chi connectivity index (χ0v) is 14.0. The summed E-state index contributed by atoms with van der Waals surface area (Å²) >= 11 is 0. The number of ether oxygens (including phenoxy) is 1. The Kier molecular flexibility index (Phi) is 6.06. The topological polar surface area (TPSA) is 41.6 Å². The molecule has 1 saturated heterocycles. The van der Waals surface area contributed by atoms with Gasteiger partial charge in [0, 0.05) is 19.6 Å². The maximum Gasteiger partial charge on any atom is 0.224 e. The lowest BCUT2D eigenvalue weighted by atomic mass is 9.90. The van der Waals surface area contributed by atoms with E-state index in [1.807, 2.05) is 0 Å². The number of rotatable bonds is 6. The lowest BCUT2D eigenvalue weighted by Crippen LogP contribution is -2.38. The van der Waals surface area contributed by atoms with Gasteiger partial charge in [0.25, 0.3) is 0 Å². The van der Waals surface area contributed by atoms with Gasteiger partial charge in [-0.3, -0.25) is 9.69 Å². The molecule has 0 atom stereocenters. The van der Waals surface area contributed by atoms with Crippen LogP contribution >= 0.6 is 0 Å². The van der Waals surface area contributed by atoms with Crippen molar-refractivity contribution in [2.24, 2.45) is 0 Å². The predicted molar refractivity (Wildman–Crippen MR) is 91.7 cm³/mol. The van der Waals surface area contributed by atoms with Crippen molar-refractivity contribution in [1.29, 1.82) is 0 Å². The molecule has 1 amide bonds. The monoisotopic (exact) mass is 316 g/mol. The first-order valence-electron chi connectivity index (χ1n) is 8.99. The second kappa shape index (κ2) is 8.46. The van der Waals surface area contributed by atoms with Gasteiger partial charge in [0.05, 0.1) is 19.6 Å². The van der Waals surface area contributed by atoms with Crippen LogP contribution in [0.3, 0.4) is 0 Å². The molecule has 0 aromatic heterocycles. The van der Waals surface area contributed by atoms with E-state index < -0.39 is 0 Å². The maximum atomic E-state index is 12.1. The fourth-order valence-corrected chi connectivity index (χ4v) is 3.50. The Balaban J connectivity index is 1.37. The van der Waals surface area contributed by atoms with Crippen molar-refractivity contribution in [3.63, 3.8) is 0 Å². The van der Waals surface area contributed by atoms with Crippen molar-refractivity contribution >= 4 is 5.91 Å². The van der Waals surface area contributed by atoms with Crippen molar-refractivity contribution in [1.82, 2.24) is 10.2 Å². The molecule has 0 bridgehead atoms. The highest BCUT2D eigenvalue weighted by Crippen LogP contribution is 2.22. The largest absolute Gasteiger partial charge is 0.379 e. The second-order valence-electron chi connectivity index (χ2n) is 6.64. The summed E-state index contributed by atoms with van der Waals surface area (Å²) in [5.41, 5.74) is 4.08. The Morgan fingerprint density at radius 1 is 1.13 bits per heavy atom. The molecule has 126 valence electrons. The lowest BCUT2D eigenvalue weighted by molar-refractivity contribution is -0.120. The lowest BCUT2D eigenvalue weighted by Gasteiger charge is -2.26. The van der Waals surface area contributed by atoms with Crippen LogP contribution in [0, 0.1) is 0 Å². The summed E-state index contributed by atoms with van der Waals surface area (Å²) in [5.74, 6) is 0.141. The summed E-state index contributed by atoms with van der Waals surface area (Å²) in [5, 5.41) is 3.05. The van der Waals surface area contributed by atoms with Gasteiger partial charge in [-0.25, -0.2) is 0 Å². The van der Waals surface area contributed by atoms with Gasteiger partial charge in [0.1, 0.15) is 0 Å². The number of morpholine rings is 1. The third-order valence-electron chi connectivity index (χ3n) is 4.85. The predicted octanol–water partition coefficient (Wildman–Crippen LogP) is 1.95. The van der Waals surface area contributed by atoms with Gasteiger partial charge in [-0.2, -0.15) is 0 Å². The van der Waals surface area contributed by atoms with Crippen LogP contribution in [0.5, 0.6) is 0 Å². The molecule has 4 heteroatoms. The zero-order chi connectivity index (χ0) is 15.9. The van der Waals surface area contributed by atoms with E-state index in [0.29, 0.717) is 6.42 Å². The summed E-state index contributed by atoms with van der Waals surface area (Å²) in [6, 6.07) is 6.58. The Hall–Kier alpha value is -1.39.